The van der Waals surface area contributed by atoms with E-state index in [1.165, 1.54) is 30.3 Å². The second-order valence-corrected chi connectivity index (χ2v) is 4.77. The number of sulfone groups is 1. The summed E-state index contributed by atoms with van der Waals surface area (Å²) in [5, 5.41) is 10.8. The molecular formula is C10H8N2O4S. The zero-order valence-corrected chi connectivity index (χ0v) is 9.64. The highest BCUT2D eigenvalue weighted by Gasteiger charge is 2.23. The van der Waals surface area contributed by atoms with Crippen molar-refractivity contribution in [2.75, 3.05) is 0 Å². The lowest BCUT2D eigenvalue weighted by Gasteiger charge is -2.00. The Hall–Kier alpha value is -2.20. The van der Waals surface area contributed by atoms with Gasteiger partial charge in [0, 0.05) is 6.92 Å². The molecule has 0 aliphatic rings. The summed E-state index contributed by atoms with van der Waals surface area (Å²) in [6.07, 6.45) is 0. The Morgan fingerprint density at radius 2 is 1.94 bits per heavy atom. The highest BCUT2D eigenvalue weighted by Crippen LogP contribution is 2.11. The second-order valence-electron chi connectivity index (χ2n) is 2.91. The number of nitriles is 1. The molecule has 6 nitrogen and oxygen atoms in total. The van der Waals surface area contributed by atoms with Crippen molar-refractivity contribution in [2.45, 2.75) is 11.8 Å². The molecule has 7 heteroatoms. The zero-order chi connectivity index (χ0) is 12.9. The summed E-state index contributed by atoms with van der Waals surface area (Å²) in [5.41, 5.74) is 0. The first-order chi connectivity index (χ1) is 7.98. The van der Waals surface area contributed by atoms with Crippen LogP contribution in [0.4, 0.5) is 0 Å². The molecule has 1 aromatic carbocycles. The molecule has 0 unspecified atom stereocenters. The molecule has 0 radical (unpaired) electrons. The zero-order valence-electron chi connectivity index (χ0n) is 8.82. The van der Waals surface area contributed by atoms with E-state index in [0.717, 1.165) is 6.92 Å². The van der Waals surface area contributed by atoms with Crippen LogP contribution in [0.3, 0.4) is 0 Å². The third-order valence-electron chi connectivity index (χ3n) is 1.66. The summed E-state index contributed by atoms with van der Waals surface area (Å²) >= 11 is 0. The van der Waals surface area contributed by atoms with E-state index in [-0.39, 0.29) is 4.90 Å². The first kappa shape index (κ1) is 12.9. The molecule has 0 saturated heterocycles. The van der Waals surface area contributed by atoms with Crippen molar-refractivity contribution in [1.82, 2.24) is 0 Å². The van der Waals surface area contributed by atoms with E-state index in [4.69, 9.17) is 5.26 Å². The molecule has 0 fully saturated rings. The predicted octanol–water partition coefficient (Wildman–Crippen LogP) is 0.860. The average molecular weight is 252 g/mol. The summed E-state index contributed by atoms with van der Waals surface area (Å²) in [4.78, 5) is 14.6. The van der Waals surface area contributed by atoms with Crippen LogP contribution in [0.15, 0.2) is 40.4 Å². The topological polar surface area (TPSA) is 96.6 Å². The van der Waals surface area contributed by atoms with Crippen molar-refractivity contribution in [1.29, 1.82) is 5.26 Å². The maximum atomic E-state index is 11.8. The number of rotatable bonds is 2. The highest BCUT2D eigenvalue weighted by molar-refractivity contribution is 8.07. The molecule has 0 aliphatic carbocycles. The highest BCUT2D eigenvalue weighted by atomic mass is 32.2. The molecule has 0 aromatic heterocycles. The van der Waals surface area contributed by atoms with Crippen molar-refractivity contribution >= 4 is 20.9 Å². The molecule has 0 saturated carbocycles. The minimum absolute atomic E-state index is 0.0903. The number of nitrogens with zero attached hydrogens (tertiary/aromatic N) is 2. The molecule has 0 atom stereocenters. The van der Waals surface area contributed by atoms with Gasteiger partial charge in [-0.15, -0.1) is 0 Å². The lowest BCUT2D eigenvalue weighted by molar-refractivity contribution is -0.140. The van der Waals surface area contributed by atoms with Crippen LogP contribution in [0.2, 0.25) is 0 Å². The van der Waals surface area contributed by atoms with Crippen LogP contribution in [0.1, 0.15) is 6.92 Å². The van der Waals surface area contributed by atoms with Crippen LogP contribution < -0.4 is 0 Å². The van der Waals surface area contributed by atoms with Crippen LogP contribution in [-0.2, 0) is 19.5 Å². The molecule has 1 rings (SSSR count). The third kappa shape index (κ3) is 3.12. The normalized spacial score (nSPS) is 11.6. The van der Waals surface area contributed by atoms with Gasteiger partial charge in [-0.2, -0.15) is 5.26 Å². The maximum absolute atomic E-state index is 11.8. The van der Waals surface area contributed by atoms with Crippen LogP contribution in [0.5, 0.6) is 0 Å². The van der Waals surface area contributed by atoms with Crippen LogP contribution in [0, 0.1) is 11.3 Å². The summed E-state index contributed by atoms with van der Waals surface area (Å²) in [6.45, 7) is 1.05. The Morgan fingerprint density at radius 3 is 2.41 bits per heavy atom. The van der Waals surface area contributed by atoms with Crippen molar-refractivity contribution in [2.24, 2.45) is 5.16 Å². The van der Waals surface area contributed by atoms with Gasteiger partial charge in [-0.05, 0) is 12.1 Å². The number of carbonyl (C=O) groups excluding carboxylic acids is 1. The molecular weight excluding hydrogens is 244 g/mol. The van der Waals surface area contributed by atoms with Crippen molar-refractivity contribution in [3.8, 4) is 6.07 Å². The molecule has 0 amide bonds. The summed E-state index contributed by atoms with van der Waals surface area (Å²) in [6, 6.07) is 8.66. The van der Waals surface area contributed by atoms with E-state index >= 15 is 0 Å². The Morgan fingerprint density at radius 1 is 1.35 bits per heavy atom. The monoisotopic (exact) mass is 252 g/mol. The standard InChI is InChI=1S/C10H8N2O4S/c1-8(13)16-12-10(7-11)17(14,15)9-5-3-2-4-6-9/h2-6H,1H3. The van der Waals surface area contributed by atoms with Gasteiger partial charge in [0.1, 0.15) is 6.07 Å². The number of benzene rings is 1. The Labute approximate surface area is 98.0 Å². The fraction of sp³-hybridized carbons (Fsp3) is 0.100. The average Bonchev–Trinajstić information content (AvgIpc) is 2.30. The number of hydrogen-bond donors (Lipinski definition) is 0. The number of hydrogen-bond acceptors (Lipinski definition) is 6. The molecule has 17 heavy (non-hydrogen) atoms. The first-order valence-electron chi connectivity index (χ1n) is 4.44. The van der Waals surface area contributed by atoms with E-state index < -0.39 is 20.9 Å². The van der Waals surface area contributed by atoms with Gasteiger partial charge in [0.2, 0.25) is 9.84 Å². The van der Waals surface area contributed by atoms with E-state index in [1.54, 1.807) is 6.07 Å². The molecule has 0 aliphatic heterocycles. The smallest absolute Gasteiger partial charge is 0.317 e. The van der Waals surface area contributed by atoms with E-state index in [2.05, 4.69) is 9.99 Å². The number of carbonyl (C=O) groups is 1. The summed E-state index contributed by atoms with van der Waals surface area (Å²) < 4.78 is 23.7. The minimum Gasteiger partial charge on any atom is -0.317 e. The Balaban J connectivity index is 3.18. The van der Waals surface area contributed by atoms with Gasteiger partial charge in [0.15, 0.2) is 0 Å². The first-order valence-corrected chi connectivity index (χ1v) is 5.92. The summed E-state index contributed by atoms with van der Waals surface area (Å²) in [5.74, 6) is -0.805. The second kappa shape index (κ2) is 5.23. The van der Waals surface area contributed by atoms with Gasteiger partial charge < -0.3 is 4.84 Å². The van der Waals surface area contributed by atoms with Crippen LogP contribution in [-0.4, -0.2) is 19.4 Å². The Bertz CT molecular complexity index is 584. The van der Waals surface area contributed by atoms with Gasteiger partial charge >= 0.3 is 5.97 Å². The van der Waals surface area contributed by atoms with Crippen molar-refractivity contribution in [3.63, 3.8) is 0 Å². The molecule has 0 heterocycles. The molecule has 88 valence electrons. The molecule has 0 spiro atoms. The van der Waals surface area contributed by atoms with Gasteiger partial charge in [0.05, 0.1) is 4.90 Å². The minimum atomic E-state index is -4.04. The fourth-order valence-electron chi connectivity index (χ4n) is 0.947. The van der Waals surface area contributed by atoms with Gasteiger partial charge in [0.25, 0.3) is 5.04 Å². The predicted molar refractivity (Wildman–Crippen MR) is 58.4 cm³/mol. The fourth-order valence-corrected chi connectivity index (χ4v) is 1.94. The quantitative estimate of drug-likeness (QED) is 0.336. The van der Waals surface area contributed by atoms with E-state index in [9.17, 15) is 13.2 Å². The lowest BCUT2D eigenvalue weighted by atomic mass is 10.4. The lowest BCUT2D eigenvalue weighted by Crippen LogP contribution is -2.14. The SMILES string of the molecule is CC(=O)ON=C(C#N)S(=O)(=O)c1ccccc1. The Kier molecular flexibility index (Phi) is 3.96. The van der Waals surface area contributed by atoms with E-state index in [0.29, 0.717) is 0 Å². The van der Waals surface area contributed by atoms with Gasteiger partial charge in [-0.25, -0.2) is 13.2 Å². The molecule has 0 N–H and O–H groups in total. The van der Waals surface area contributed by atoms with E-state index in [1.807, 2.05) is 0 Å². The van der Waals surface area contributed by atoms with Crippen molar-refractivity contribution in [3.05, 3.63) is 30.3 Å². The van der Waals surface area contributed by atoms with Crippen LogP contribution in [0.25, 0.3) is 0 Å². The van der Waals surface area contributed by atoms with Crippen molar-refractivity contribution < 1.29 is 18.0 Å². The molecule has 0 bridgehead atoms. The van der Waals surface area contributed by atoms with Crippen LogP contribution >= 0.6 is 0 Å². The van der Waals surface area contributed by atoms with Gasteiger partial charge in [-0.1, -0.05) is 23.4 Å². The maximum Gasteiger partial charge on any atom is 0.332 e. The van der Waals surface area contributed by atoms with Gasteiger partial charge in [-0.3, -0.25) is 0 Å². The summed E-state index contributed by atoms with van der Waals surface area (Å²) in [7, 11) is -4.04. The molecule has 1 aromatic rings. The number of oxime groups is 1. The largest absolute Gasteiger partial charge is 0.332 e. The third-order valence-corrected chi connectivity index (χ3v) is 3.23.